The third-order valence-electron chi connectivity index (χ3n) is 4.73. The van der Waals surface area contributed by atoms with E-state index in [2.05, 4.69) is 4.90 Å². The molecule has 2 saturated heterocycles. The van der Waals surface area contributed by atoms with E-state index in [4.69, 9.17) is 14.5 Å². The Hall–Kier alpha value is -2.61. The number of rotatable bonds is 5. The number of hydrogen-bond acceptors (Lipinski definition) is 6. The second-order valence-electron chi connectivity index (χ2n) is 6.72. The van der Waals surface area contributed by atoms with Crippen LogP contribution in [0.5, 0.6) is 5.75 Å². The summed E-state index contributed by atoms with van der Waals surface area (Å²) in [5.74, 6) is 0.768. The highest BCUT2D eigenvalue weighted by Gasteiger charge is 2.34. The molecule has 2 aliphatic rings. The van der Waals surface area contributed by atoms with Crippen molar-refractivity contribution in [3.8, 4) is 5.75 Å². The summed E-state index contributed by atoms with van der Waals surface area (Å²) in [6.45, 7) is 3.51. The molecule has 7 heteroatoms. The lowest BCUT2D eigenvalue weighted by molar-refractivity contribution is -0.124. The van der Waals surface area contributed by atoms with E-state index in [0.29, 0.717) is 30.0 Å². The highest BCUT2D eigenvalue weighted by molar-refractivity contribution is 8.18. The molecule has 2 heterocycles. The Labute approximate surface area is 174 Å². The van der Waals surface area contributed by atoms with Crippen molar-refractivity contribution in [1.82, 2.24) is 9.80 Å². The van der Waals surface area contributed by atoms with Gasteiger partial charge in [0, 0.05) is 13.1 Å². The summed E-state index contributed by atoms with van der Waals surface area (Å²) in [5, 5.41) is 0.701. The molecule has 2 aromatic rings. The molecule has 1 amide bonds. The van der Waals surface area contributed by atoms with Crippen LogP contribution in [0.15, 0.2) is 64.5 Å². The summed E-state index contributed by atoms with van der Waals surface area (Å²) in [6.07, 6.45) is 1.91. The van der Waals surface area contributed by atoms with E-state index < -0.39 is 0 Å². The molecule has 0 aliphatic carbocycles. The number of methoxy groups -OCH3 is 1. The number of ether oxygens (including phenoxy) is 2. The maximum Gasteiger partial charge on any atom is 0.267 e. The van der Waals surface area contributed by atoms with Crippen LogP contribution in [0.25, 0.3) is 6.08 Å². The Bertz CT molecular complexity index is 907. The number of thioether (sulfide) groups is 1. The highest BCUT2D eigenvalue weighted by Crippen LogP contribution is 2.34. The van der Waals surface area contributed by atoms with Crippen molar-refractivity contribution in [1.29, 1.82) is 0 Å². The van der Waals surface area contributed by atoms with Gasteiger partial charge in [0.15, 0.2) is 5.17 Å². The van der Waals surface area contributed by atoms with Gasteiger partial charge >= 0.3 is 0 Å². The van der Waals surface area contributed by atoms with E-state index in [0.717, 1.165) is 30.1 Å². The summed E-state index contributed by atoms with van der Waals surface area (Å²) in [4.78, 5) is 22.6. The molecule has 0 unspecified atom stereocenters. The number of aliphatic imine (C=N–C) groups is 1. The molecule has 0 bridgehead atoms. The Morgan fingerprint density at radius 3 is 2.52 bits per heavy atom. The molecule has 2 aliphatic heterocycles. The molecule has 4 rings (SSSR count). The molecule has 0 radical (unpaired) electrons. The minimum atomic E-state index is -0.0213. The van der Waals surface area contributed by atoms with Crippen molar-refractivity contribution in [2.45, 2.75) is 0 Å². The van der Waals surface area contributed by atoms with Crippen LogP contribution in [-0.2, 0) is 9.53 Å². The van der Waals surface area contributed by atoms with E-state index in [1.807, 2.05) is 60.7 Å². The molecule has 6 nitrogen and oxygen atoms in total. The van der Waals surface area contributed by atoms with Crippen molar-refractivity contribution in [2.75, 3.05) is 40.1 Å². The lowest BCUT2D eigenvalue weighted by Gasteiger charge is -2.30. The van der Waals surface area contributed by atoms with Crippen LogP contribution in [0.1, 0.15) is 5.56 Å². The maximum atomic E-state index is 13.2. The first-order chi connectivity index (χ1) is 14.2. The molecule has 2 fully saturated rings. The molecule has 0 saturated carbocycles. The molecule has 2 aromatic carbocycles. The lowest BCUT2D eigenvalue weighted by atomic mass is 10.2. The van der Waals surface area contributed by atoms with Crippen LogP contribution in [0.4, 0.5) is 5.69 Å². The van der Waals surface area contributed by atoms with Gasteiger partial charge in [0.05, 0.1) is 37.6 Å². The molecule has 29 heavy (non-hydrogen) atoms. The molecular weight excluding hydrogens is 386 g/mol. The molecule has 0 N–H and O–H groups in total. The second-order valence-corrected chi connectivity index (χ2v) is 7.73. The van der Waals surface area contributed by atoms with E-state index in [1.54, 1.807) is 12.0 Å². The zero-order valence-electron chi connectivity index (χ0n) is 16.3. The first kappa shape index (κ1) is 19.7. The summed E-state index contributed by atoms with van der Waals surface area (Å²) >= 11 is 1.41. The van der Waals surface area contributed by atoms with Crippen LogP contribution in [0.3, 0.4) is 0 Å². The van der Waals surface area contributed by atoms with Crippen LogP contribution in [0, 0.1) is 0 Å². The zero-order chi connectivity index (χ0) is 20.1. The van der Waals surface area contributed by atoms with Crippen LogP contribution < -0.4 is 4.74 Å². The minimum absolute atomic E-state index is 0.0213. The van der Waals surface area contributed by atoms with Crippen molar-refractivity contribution in [2.24, 2.45) is 4.99 Å². The fourth-order valence-electron chi connectivity index (χ4n) is 3.12. The summed E-state index contributed by atoms with van der Waals surface area (Å²) in [7, 11) is 1.64. The monoisotopic (exact) mass is 409 g/mol. The number of nitrogens with zero attached hydrogens (tertiary/aromatic N) is 3. The quantitative estimate of drug-likeness (QED) is 0.707. The van der Waals surface area contributed by atoms with E-state index in [9.17, 15) is 4.79 Å². The van der Waals surface area contributed by atoms with Crippen LogP contribution in [0.2, 0.25) is 0 Å². The molecule has 0 spiro atoms. The van der Waals surface area contributed by atoms with Gasteiger partial charge in [-0.1, -0.05) is 30.3 Å². The SMILES string of the molecule is COc1ccc(/C=C2/SC(=Nc3ccccc3)N(CN3CCOCC3)C2=O)cc1. The average molecular weight is 410 g/mol. The van der Waals surface area contributed by atoms with Crippen molar-refractivity contribution < 1.29 is 14.3 Å². The normalized spacial score (nSPS) is 20.6. The van der Waals surface area contributed by atoms with Gasteiger partial charge in [0.2, 0.25) is 0 Å². The van der Waals surface area contributed by atoms with Gasteiger partial charge in [0.1, 0.15) is 5.75 Å². The fourth-order valence-corrected chi connectivity index (χ4v) is 4.11. The number of morpholine rings is 1. The summed E-state index contributed by atoms with van der Waals surface area (Å²) < 4.78 is 10.6. The Balaban J connectivity index is 1.61. The molecular formula is C22H23N3O3S. The first-order valence-electron chi connectivity index (χ1n) is 9.52. The van der Waals surface area contributed by atoms with Crippen LogP contribution >= 0.6 is 11.8 Å². The number of hydrogen-bond donors (Lipinski definition) is 0. The van der Waals surface area contributed by atoms with Gasteiger partial charge in [-0.2, -0.15) is 0 Å². The van der Waals surface area contributed by atoms with Gasteiger partial charge in [-0.05, 0) is 47.7 Å². The predicted molar refractivity (Wildman–Crippen MR) is 116 cm³/mol. The standard InChI is InChI=1S/C22H23N3O3S/c1-27-19-9-7-17(8-10-19)15-20-21(26)25(16-24-11-13-28-14-12-24)22(29-20)23-18-5-3-2-4-6-18/h2-10,15H,11-14,16H2,1H3/b20-15+,23-22?. The minimum Gasteiger partial charge on any atom is -0.497 e. The van der Waals surface area contributed by atoms with E-state index in [1.165, 1.54) is 11.8 Å². The van der Waals surface area contributed by atoms with E-state index >= 15 is 0 Å². The van der Waals surface area contributed by atoms with Gasteiger partial charge in [-0.15, -0.1) is 0 Å². The average Bonchev–Trinajstić information content (AvgIpc) is 3.04. The largest absolute Gasteiger partial charge is 0.497 e. The third kappa shape index (κ3) is 4.87. The zero-order valence-corrected chi connectivity index (χ0v) is 17.1. The van der Waals surface area contributed by atoms with Crippen molar-refractivity contribution in [3.63, 3.8) is 0 Å². The van der Waals surface area contributed by atoms with Gasteiger partial charge < -0.3 is 9.47 Å². The van der Waals surface area contributed by atoms with Gasteiger partial charge in [-0.25, -0.2) is 4.99 Å². The van der Waals surface area contributed by atoms with Crippen molar-refractivity contribution in [3.05, 3.63) is 65.1 Å². The summed E-state index contributed by atoms with van der Waals surface area (Å²) in [6, 6.07) is 17.4. The van der Waals surface area contributed by atoms with Crippen LogP contribution in [-0.4, -0.2) is 61.0 Å². The second kappa shape index (κ2) is 9.26. The fraction of sp³-hybridized carbons (Fsp3) is 0.273. The number of para-hydroxylation sites is 1. The number of amides is 1. The topological polar surface area (TPSA) is 54.4 Å². The molecule has 0 atom stereocenters. The predicted octanol–water partition coefficient (Wildman–Crippen LogP) is 3.59. The van der Waals surface area contributed by atoms with E-state index in [-0.39, 0.29) is 5.91 Å². The number of amidine groups is 1. The van der Waals surface area contributed by atoms with Gasteiger partial charge in [0.25, 0.3) is 5.91 Å². The Morgan fingerprint density at radius 1 is 1.10 bits per heavy atom. The number of carbonyl (C=O) groups excluding carboxylic acids is 1. The highest BCUT2D eigenvalue weighted by atomic mass is 32.2. The number of benzene rings is 2. The Morgan fingerprint density at radius 2 is 1.83 bits per heavy atom. The third-order valence-corrected chi connectivity index (χ3v) is 5.73. The lowest BCUT2D eigenvalue weighted by Crippen LogP contribution is -2.45. The van der Waals surface area contributed by atoms with Gasteiger partial charge in [-0.3, -0.25) is 14.6 Å². The van der Waals surface area contributed by atoms with Crippen molar-refractivity contribution >= 4 is 34.6 Å². The maximum absolute atomic E-state index is 13.2. The number of carbonyl (C=O) groups is 1. The Kier molecular flexibility index (Phi) is 6.29. The summed E-state index contributed by atoms with van der Waals surface area (Å²) in [5.41, 5.74) is 1.79. The molecule has 150 valence electrons. The first-order valence-corrected chi connectivity index (χ1v) is 10.3. The molecule has 0 aromatic heterocycles. The smallest absolute Gasteiger partial charge is 0.267 e.